The number of anilines is 1. The van der Waals surface area contributed by atoms with E-state index >= 15 is 0 Å². The maximum atomic E-state index is 13.7. The number of hydrogen-bond donors (Lipinski definition) is 1. The standard InChI is InChI=1S/C22H19F2N5O/c1-14(11-20(30)28-19-6-2-3-9-25-19)21-27-18-5-4-10-26-22(18)29(21)13-15-7-8-16(23)17(24)12-15/h2-10,12,14H,11,13H2,1H3,(H,25,28,30). The fraction of sp³-hybridized carbons (Fsp3) is 0.182. The van der Waals surface area contributed by atoms with Crippen LogP contribution in [0.15, 0.2) is 60.9 Å². The highest BCUT2D eigenvalue weighted by molar-refractivity contribution is 5.90. The summed E-state index contributed by atoms with van der Waals surface area (Å²) >= 11 is 0. The van der Waals surface area contributed by atoms with E-state index in [1.165, 1.54) is 6.07 Å². The normalized spacial score (nSPS) is 12.1. The SMILES string of the molecule is CC(CC(=O)Nc1ccccn1)c1nc2cccnc2n1Cc1ccc(F)c(F)c1. The Labute approximate surface area is 171 Å². The van der Waals surface area contributed by atoms with Crippen molar-refractivity contribution in [3.63, 3.8) is 0 Å². The van der Waals surface area contributed by atoms with Gasteiger partial charge in [-0.25, -0.2) is 23.7 Å². The van der Waals surface area contributed by atoms with E-state index < -0.39 is 11.6 Å². The van der Waals surface area contributed by atoms with Crippen molar-refractivity contribution in [3.05, 3.63) is 83.9 Å². The Kier molecular flexibility index (Phi) is 5.47. The second-order valence-electron chi connectivity index (χ2n) is 7.02. The molecule has 0 aliphatic carbocycles. The average molecular weight is 407 g/mol. The number of pyridine rings is 2. The van der Waals surface area contributed by atoms with Gasteiger partial charge in [-0.15, -0.1) is 0 Å². The molecule has 0 spiro atoms. The van der Waals surface area contributed by atoms with Crippen molar-refractivity contribution in [1.29, 1.82) is 0 Å². The first-order valence-corrected chi connectivity index (χ1v) is 9.47. The van der Waals surface area contributed by atoms with Crippen molar-refractivity contribution in [3.8, 4) is 0 Å². The van der Waals surface area contributed by atoms with Crippen molar-refractivity contribution in [2.24, 2.45) is 0 Å². The Hall–Kier alpha value is -3.68. The number of nitrogens with zero attached hydrogens (tertiary/aromatic N) is 4. The van der Waals surface area contributed by atoms with Gasteiger partial charge >= 0.3 is 0 Å². The number of rotatable bonds is 6. The number of benzene rings is 1. The van der Waals surface area contributed by atoms with Crippen LogP contribution in [0.5, 0.6) is 0 Å². The first-order valence-electron chi connectivity index (χ1n) is 9.47. The number of nitrogens with one attached hydrogen (secondary N) is 1. The third-order valence-electron chi connectivity index (χ3n) is 4.72. The van der Waals surface area contributed by atoms with Crippen LogP contribution >= 0.6 is 0 Å². The predicted octanol–water partition coefficient (Wildman–Crippen LogP) is 4.29. The minimum Gasteiger partial charge on any atom is -0.311 e. The van der Waals surface area contributed by atoms with E-state index in [1.54, 1.807) is 36.7 Å². The van der Waals surface area contributed by atoms with E-state index in [-0.39, 0.29) is 24.8 Å². The summed E-state index contributed by atoms with van der Waals surface area (Å²) in [5.74, 6) is -1.12. The zero-order chi connectivity index (χ0) is 21.1. The lowest BCUT2D eigenvalue weighted by atomic mass is 10.1. The molecule has 4 rings (SSSR count). The Balaban J connectivity index is 1.61. The van der Waals surface area contributed by atoms with Crippen LogP contribution in [0.25, 0.3) is 11.2 Å². The van der Waals surface area contributed by atoms with E-state index in [0.29, 0.717) is 28.4 Å². The van der Waals surface area contributed by atoms with E-state index in [0.717, 1.165) is 12.1 Å². The van der Waals surface area contributed by atoms with Gasteiger partial charge in [-0.2, -0.15) is 0 Å². The number of halogens is 2. The van der Waals surface area contributed by atoms with E-state index in [1.807, 2.05) is 17.6 Å². The molecule has 0 fully saturated rings. The van der Waals surface area contributed by atoms with Gasteiger partial charge in [-0.1, -0.05) is 19.1 Å². The van der Waals surface area contributed by atoms with Crippen LogP contribution in [0.2, 0.25) is 0 Å². The number of carbonyl (C=O) groups excluding carboxylic acids is 1. The Morgan fingerprint density at radius 1 is 1.07 bits per heavy atom. The van der Waals surface area contributed by atoms with Crippen LogP contribution in [0.1, 0.15) is 30.7 Å². The molecular formula is C22H19F2N5O. The molecule has 6 nitrogen and oxygen atoms in total. The van der Waals surface area contributed by atoms with Gasteiger partial charge in [0.25, 0.3) is 0 Å². The number of hydrogen-bond acceptors (Lipinski definition) is 4. The van der Waals surface area contributed by atoms with Crippen LogP contribution in [-0.2, 0) is 11.3 Å². The highest BCUT2D eigenvalue weighted by Gasteiger charge is 2.21. The summed E-state index contributed by atoms with van der Waals surface area (Å²) in [6.45, 7) is 2.15. The summed E-state index contributed by atoms with van der Waals surface area (Å²) in [6.07, 6.45) is 3.43. The zero-order valence-electron chi connectivity index (χ0n) is 16.2. The average Bonchev–Trinajstić information content (AvgIpc) is 3.10. The molecule has 3 aromatic heterocycles. The monoisotopic (exact) mass is 407 g/mol. The van der Waals surface area contributed by atoms with E-state index in [4.69, 9.17) is 0 Å². The fourth-order valence-corrected chi connectivity index (χ4v) is 3.33. The van der Waals surface area contributed by atoms with Crippen LogP contribution in [0.3, 0.4) is 0 Å². The third kappa shape index (κ3) is 4.17. The summed E-state index contributed by atoms with van der Waals surface area (Å²) in [5.41, 5.74) is 1.87. The lowest BCUT2D eigenvalue weighted by molar-refractivity contribution is -0.116. The number of amides is 1. The first kappa shape index (κ1) is 19.6. The van der Waals surface area contributed by atoms with Crippen molar-refractivity contribution < 1.29 is 13.6 Å². The highest BCUT2D eigenvalue weighted by atomic mass is 19.2. The second kappa shape index (κ2) is 8.36. The van der Waals surface area contributed by atoms with Crippen molar-refractivity contribution in [1.82, 2.24) is 19.5 Å². The van der Waals surface area contributed by atoms with Crippen LogP contribution in [0, 0.1) is 11.6 Å². The molecule has 1 amide bonds. The van der Waals surface area contributed by atoms with Crippen molar-refractivity contribution >= 4 is 22.9 Å². The first-order chi connectivity index (χ1) is 14.5. The van der Waals surface area contributed by atoms with Gasteiger partial charge in [-0.3, -0.25) is 4.79 Å². The molecule has 1 aromatic carbocycles. The summed E-state index contributed by atoms with van der Waals surface area (Å²) in [5, 5.41) is 2.77. The summed E-state index contributed by atoms with van der Waals surface area (Å²) in [7, 11) is 0. The quantitative estimate of drug-likeness (QED) is 0.518. The number of aromatic nitrogens is 4. The molecule has 0 saturated heterocycles. The molecule has 1 unspecified atom stereocenters. The molecule has 152 valence electrons. The third-order valence-corrected chi connectivity index (χ3v) is 4.72. The Morgan fingerprint density at radius 3 is 2.67 bits per heavy atom. The van der Waals surface area contributed by atoms with Gasteiger partial charge in [-0.05, 0) is 42.0 Å². The largest absolute Gasteiger partial charge is 0.311 e. The molecule has 8 heteroatoms. The number of imidazole rings is 1. The highest BCUT2D eigenvalue weighted by Crippen LogP contribution is 2.25. The van der Waals surface area contributed by atoms with E-state index in [9.17, 15) is 13.6 Å². The van der Waals surface area contributed by atoms with Crippen LogP contribution in [0.4, 0.5) is 14.6 Å². The molecule has 1 N–H and O–H groups in total. The van der Waals surface area contributed by atoms with Gasteiger partial charge in [0.1, 0.15) is 17.2 Å². The maximum Gasteiger partial charge on any atom is 0.226 e. The lowest BCUT2D eigenvalue weighted by Gasteiger charge is -2.14. The predicted molar refractivity (Wildman–Crippen MR) is 109 cm³/mol. The van der Waals surface area contributed by atoms with Gasteiger partial charge in [0.15, 0.2) is 17.3 Å². The molecule has 0 aliphatic rings. The van der Waals surface area contributed by atoms with Crippen LogP contribution < -0.4 is 5.32 Å². The topological polar surface area (TPSA) is 72.7 Å². The molecule has 30 heavy (non-hydrogen) atoms. The molecule has 1 atom stereocenters. The van der Waals surface area contributed by atoms with Gasteiger partial charge in [0.2, 0.25) is 5.91 Å². The van der Waals surface area contributed by atoms with Gasteiger partial charge in [0.05, 0.1) is 6.54 Å². The van der Waals surface area contributed by atoms with Crippen molar-refractivity contribution in [2.75, 3.05) is 5.32 Å². The molecule has 0 radical (unpaired) electrons. The smallest absolute Gasteiger partial charge is 0.226 e. The van der Waals surface area contributed by atoms with Gasteiger partial charge in [0, 0.05) is 24.7 Å². The fourth-order valence-electron chi connectivity index (χ4n) is 3.33. The molecular weight excluding hydrogens is 388 g/mol. The van der Waals surface area contributed by atoms with E-state index in [2.05, 4.69) is 20.3 Å². The zero-order valence-corrected chi connectivity index (χ0v) is 16.2. The summed E-state index contributed by atoms with van der Waals surface area (Å²) < 4.78 is 28.8. The molecule has 4 aromatic rings. The molecule has 0 bridgehead atoms. The van der Waals surface area contributed by atoms with Crippen molar-refractivity contribution in [2.45, 2.75) is 25.8 Å². The Bertz CT molecular complexity index is 1190. The summed E-state index contributed by atoms with van der Waals surface area (Å²) in [6, 6.07) is 12.7. The number of fused-ring (bicyclic) bond motifs is 1. The summed E-state index contributed by atoms with van der Waals surface area (Å²) in [4.78, 5) is 25.6. The maximum absolute atomic E-state index is 13.7. The Morgan fingerprint density at radius 2 is 1.90 bits per heavy atom. The minimum absolute atomic E-state index is 0.178. The molecule has 0 saturated carbocycles. The second-order valence-corrected chi connectivity index (χ2v) is 7.02. The lowest BCUT2D eigenvalue weighted by Crippen LogP contribution is -2.17. The van der Waals surface area contributed by atoms with Gasteiger partial charge < -0.3 is 9.88 Å². The minimum atomic E-state index is -0.908. The van der Waals surface area contributed by atoms with Crippen LogP contribution in [-0.4, -0.2) is 25.4 Å². The molecule has 3 heterocycles. The molecule has 0 aliphatic heterocycles. The number of carbonyl (C=O) groups is 1.